The molecule has 0 amide bonds. The van der Waals surface area contributed by atoms with Gasteiger partial charge in [0.15, 0.2) is 0 Å². The summed E-state index contributed by atoms with van der Waals surface area (Å²) in [5.74, 6) is 0. The maximum Gasteiger partial charge on any atom is 0.0544 e. The molecule has 0 saturated heterocycles. The van der Waals surface area contributed by atoms with Gasteiger partial charge in [-0.3, -0.25) is 0 Å². The lowest BCUT2D eigenvalue weighted by atomic mass is 9.59. The third-order valence-corrected chi connectivity index (χ3v) is 12.9. The average Bonchev–Trinajstić information content (AvgIpc) is 3.50. The minimum absolute atomic E-state index is 0.0227. The molecular weight excluding hydrogens is 555 g/mol. The number of aromatic nitrogens is 1. The number of allylic oxidation sites excluding steroid dienone is 1. The molecule has 0 aliphatic heterocycles. The minimum atomic E-state index is -0.0675. The van der Waals surface area contributed by atoms with Crippen LogP contribution >= 0.6 is 0 Å². The summed E-state index contributed by atoms with van der Waals surface area (Å²) in [7, 11) is 0. The van der Waals surface area contributed by atoms with Crippen molar-refractivity contribution in [3.05, 3.63) is 131 Å². The molecule has 1 heterocycles. The Bertz CT molecular complexity index is 2280. The lowest BCUT2D eigenvalue weighted by molar-refractivity contribution is 0.125. The first-order chi connectivity index (χ1) is 21.7. The van der Waals surface area contributed by atoms with E-state index in [9.17, 15) is 0 Å². The van der Waals surface area contributed by atoms with E-state index in [1.807, 2.05) is 0 Å². The van der Waals surface area contributed by atoms with Crippen molar-refractivity contribution in [2.24, 2.45) is 5.41 Å². The number of fused-ring (bicyclic) bond motifs is 7. The van der Waals surface area contributed by atoms with E-state index in [0.29, 0.717) is 0 Å². The first-order valence-corrected chi connectivity index (χ1v) is 16.8. The van der Waals surface area contributed by atoms with Gasteiger partial charge in [0.05, 0.1) is 11.0 Å². The summed E-state index contributed by atoms with van der Waals surface area (Å²) in [6.07, 6.45) is 0. The molecule has 0 fully saturated rings. The SMILES string of the molecule is C=C(C)c1cccc(-c2cccc(-n3c4cc5c(cc4c4cc6c(cc43)C(C)(C)C(C)(C)C6(C)C)-c3ccccc3C5(C)C)c2)c1. The van der Waals surface area contributed by atoms with Crippen molar-refractivity contribution < 1.29 is 0 Å². The summed E-state index contributed by atoms with van der Waals surface area (Å²) in [6, 6.07) is 37.0. The highest BCUT2D eigenvalue weighted by atomic mass is 15.0. The Kier molecular flexibility index (Phi) is 5.77. The van der Waals surface area contributed by atoms with E-state index in [1.165, 1.54) is 77.6 Å². The molecule has 2 aliphatic carbocycles. The molecule has 1 aromatic heterocycles. The summed E-state index contributed by atoms with van der Waals surface area (Å²) >= 11 is 0. The molecule has 46 heavy (non-hydrogen) atoms. The zero-order chi connectivity index (χ0) is 32.6. The van der Waals surface area contributed by atoms with E-state index in [-0.39, 0.29) is 21.7 Å². The van der Waals surface area contributed by atoms with Gasteiger partial charge in [-0.2, -0.15) is 0 Å². The molecular formula is C45H45N. The van der Waals surface area contributed by atoms with E-state index >= 15 is 0 Å². The molecule has 0 radical (unpaired) electrons. The Hall–Kier alpha value is -4.36. The van der Waals surface area contributed by atoms with E-state index in [2.05, 4.69) is 171 Å². The summed E-state index contributed by atoms with van der Waals surface area (Å²) in [6.45, 7) is 25.7. The predicted molar refractivity (Wildman–Crippen MR) is 198 cm³/mol. The van der Waals surface area contributed by atoms with Crippen molar-refractivity contribution in [3.63, 3.8) is 0 Å². The Morgan fingerprint density at radius 2 is 1.13 bits per heavy atom. The molecule has 8 rings (SSSR count). The maximum atomic E-state index is 4.20. The van der Waals surface area contributed by atoms with Crippen LogP contribution in [0.1, 0.15) is 90.1 Å². The first kappa shape index (κ1) is 29.1. The number of hydrogen-bond donors (Lipinski definition) is 0. The maximum absolute atomic E-state index is 4.20. The number of nitrogens with zero attached hydrogens (tertiary/aromatic N) is 1. The van der Waals surface area contributed by atoms with Gasteiger partial charge in [-0.1, -0.05) is 122 Å². The Balaban J connectivity index is 1.47. The zero-order valence-corrected chi connectivity index (χ0v) is 28.9. The fourth-order valence-corrected chi connectivity index (χ4v) is 8.81. The highest BCUT2D eigenvalue weighted by molar-refractivity contribution is 6.12. The van der Waals surface area contributed by atoms with Gasteiger partial charge in [0.2, 0.25) is 0 Å². The van der Waals surface area contributed by atoms with Crippen LogP contribution in [0.2, 0.25) is 0 Å². The van der Waals surface area contributed by atoms with Gasteiger partial charge >= 0.3 is 0 Å². The third kappa shape index (κ3) is 3.58. The van der Waals surface area contributed by atoms with Crippen molar-refractivity contribution in [3.8, 4) is 27.9 Å². The minimum Gasteiger partial charge on any atom is -0.309 e. The Labute approximate surface area is 274 Å². The van der Waals surface area contributed by atoms with Crippen LogP contribution in [0.15, 0.2) is 104 Å². The topological polar surface area (TPSA) is 4.93 Å². The highest BCUT2D eigenvalue weighted by Gasteiger charge is 2.57. The van der Waals surface area contributed by atoms with Gasteiger partial charge in [-0.25, -0.2) is 0 Å². The Morgan fingerprint density at radius 3 is 1.83 bits per heavy atom. The van der Waals surface area contributed by atoms with Gasteiger partial charge in [0.25, 0.3) is 0 Å². The second kappa shape index (κ2) is 9.13. The summed E-state index contributed by atoms with van der Waals surface area (Å²) in [4.78, 5) is 0. The van der Waals surface area contributed by atoms with Crippen molar-refractivity contribution in [2.45, 2.75) is 78.6 Å². The second-order valence-electron chi connectivity index (χ2n) is 16.1. The third-order valence-electron chi connectivity index (χ3n) is 12.9. The van der Waals surface area contributed by atoms with Crippen LogP contribution < -0.4 is 0 Å². The van der Waals surface area contributed by atoms with E-state index in [0.717, 1.165) is 5.57 Å². The van der Waals surface area contributed by atoms with Crippen LogP contribution in [-0.2, 0) is 16.2 Å². The monoisotopic (exact) mass is 599 g/mol. The van der Waals surface area contributed by atoms with Gasteiger partial charge in [-0.05, 0) is 116 Å². The van der Waals surface area contributed by atoms with E-state index < -0.39 is 0 Å². The molecule has 5 aromatic carbocycles. The first-order valence-electron chi connectivity index (χ1n) is 16.8. The normalized spacial score (nSPS) is 18.0. The van der Waals surface area contributed by atoms with Crippen LogP contribution in [0, 0.1) is 5.41 Å². The van der Waals surface area contributed by atoms with E-state index in [4.69, 9.17) is 0 Å². The molecule has 0 saturated carbocycles. The van der Waals surface area contributed by atoms with Crippen LogP contribution in [-0.4, -0.2) is 4.57 Å². The zero-order valence-electron chi connectivity index (χ0n) is 28.9. The van der Waals surface area contributed by atoms with E-state index in [1.54, 1.807) is 0 Å². The number of hydrogen-bond acceptors (Lipinski definition) is 0. The predicted octanol–water partition coefficient (Wildman–Crippen LogP) is 12.4. The van der Waals surface area contributed by atoms with Gasteiger partial charge in [0, 0.05) is 21.9 Å². The second-order valence-corrected chi connectivity index (χ2v) is 16.1. The van der Waals surface area contributed by atoms with Gasteiger partial charge in [-0.15, -0.1) is 0 Å². The molecule has 230 valence electrons. The molecule has 2 aliphatic rings. The number of rotatable bonds is 3. The molecule has 1 heteroatoms. The molecule has 0 bridgehead atoms. The standard InChI is InChI=1S/C45H45N/c1-27(2)28-15-13-16-29(21-28)30-17-14-18-31(22-30)46-40-25-37-33(32-19-11-12-20-36(32)42(37,3)4)23-34(40)35-24-38-39(26-41(35)46)44(7,8)45(9,10)43(38,5)6/h11-26H,1H2,2-10H3. The van der Waals surface area contributed by atoms with Crippen LogP contribution in [0.25, 0.3) is 55.3 Å². The van der Waals surface area contributed by atoms with Crippen LogP contribution in [0.3, 0.4) is 0 Å². The summed E-state index contributed by atoms with van der Waals surface area (Å²) < 4.78 is 2.55. The Morgan fingerprint density at radius 1 is 0.543 bits per heavy atom. The van der Waals surface area contributed by atoms with Crippen LogP contribution in [0.5, 0.6) is 0 Å². The smallest absolute Gasteiger partial charge is 0.0544 e. The lowest BCUT2D eigenvalue weighted by Gasteiger charge is -2.44. The van der Waals surface area contributed by atoms with Crippen LogP contribution in [0.4, 0.5) is 0 Å². The average molecular weight is 600 g/mol. The molecule has 6 aromatic rings. The molecule has 0 N–H and O–H groups in total. The molecule has 1 nitrogen and oxygen atoms in total. The molecule has 0 atom stereocenters. The molecule has 0 unspecified atom stereocenters. The van der Waals surface area contributed by atoms with Crippen molar-refractivity contribution in [2.75, 3.05) is 0 Å². The number of benzene rings is 5. The van der Waals surface area contributed by atoms with Crippen molar-refractivity contribution >= 4 is 27.4 Å². The lowest BCUT2D eigenvalue weighted by Crippen LogP contribution is -2.42. The fourth-order valence-electron chi connectivity index (χ4n) is 8.81. The summed E-state index contributed by atoms with van der Waals surface area (Å²) in [5.41, 5.74) is 17.1. The van der Waals surface area contributed by atoms with Crippen molar-refractivity contribution in [1.82, 2.24) is 4.57 Å². The summed E-state index contributed by atoms with van der Waals surface area (Å²) in [5, 5.41) is 2.67. The highest BCUT2D eigenvalue weighted by Crippen LogP contribution is 2.62. The fraction of sp³-hybridized carbons (Fsp3) is 0.289. The molecule has 0 spiro atoms. The van der Waals surface area contributed by atoms with Crippen molar-refractivity contribution in [1.29, 1.82) is 0 Å². The quantitative estimate of drug-likeness (QED) is 0.191. The largest absolute Gasteiger partial charge is 0.309 e. The van der Waals surface area contributed by atoms with Gasteiger partial charge in [0.1, 0.15) is 0 Å². The van der Waals surface area contributed by atoms with Gasteiger partial charge < -0.3 is 4.57 Å².